The summed E-state index contributed by atoms with van der Waals surface area (Å²) in [5.74, 6) is 1.02. The van der Waals surface area contributed by atoms with E-state index in [1.165, 1.54) is 0 Å². The summed E-state index contributed by atoms with van der Waals surface area (Å²) in [5, 5.41) is 16.7. The summed E-state index contributed by atoms with van der Waals surface area (Å²) in [6.07, 6.45) is 5.07. The fraction of sp³-hybridized carbons (Fsp3) is 0.500. The molecule has 2 fully saturated rings. The molecule has 0 aliphatic carbocycles. The molecule has 0 unspecified atom stereocenters. The number of aryl methyl sites for hydroxylation is 1. The summed E-state index contributed by atoms with van der Waals surface area (Å²) in [6.45, 7) is 5.85. The number of nitrogens with zero attached hydrogens (tertiary/aromatic N) is 7. The molecule has 4 rings (SSSR count). The summed E-state index contributed by atoms with van der Waals surface area (Å²) in [4.78, 5) is 25.5. The number of aromatic nitrogens is 4. The molecule has 2 aromatic heterocycles. The third kappa shape index (κ3) is 2.76. The number of hydrogen-bond donors (Lipinski definition) is 1. The lowest BCUT2D eigenvalue weighted by molar-refractivity contribution is -0.135. The van der Waals surface area contributed by atoms with Crippen molar-refractivity contribution in [2.45, 2.75) is 13.8 Å². The van der Waals surface area contributed by atoms with Gasteiger partial charge in [-0.2, -0.15) is 15.3 Å². The fourth-order valence-electron chi connectivity index (χ4n) is 4.23. The van der Waals surface area contributed by atoms with Gasteiger partial charge in [-0.25, -0.2) is 4.98 Å². The van der Waals surface area contributed by atoms with Crippen LogP contribution in [0.25, 0.3) is 0 Å². The molecule has 0 spiro atoms. The number of nitriles is 1. The Balaban J connectivity index is 1.60. The molecule has 2 saturated heterocycles. The highest BCUT2D eigenvalue weighted by Crippen LogP contribution is 2.53. The van der Waals surface area contributed by atoms with Crippen LogP contribution in [0.5, 0.6) is 0 Å². The maximum absolute atomic E-state index is 12.9. The van der Waals surface area contributed by atoms with Crippen LogP contribution in [0.4, 0.5) is 17.5 Å². The number of rotatable bonds is 4. The summed E-state index contributed by atoms with van der Waals surface area (Å²) in [5.41, 5.74) is -0.100. The number of carbonyl (C=O) groups is 1. The Labute approximate surface area is 167 Å². The Morgan fingerprint density at radius 3 is 2.75 bits per heavy atom. The topological polar surface area (TPSA) is 103 Å². The molecule has 1 N–H and O–H groups in total. The van der Waals surface area contributed by atoms with Gasteiger partial charge in [-0.05, 0) is 6.92 Å². The van der Waals surface area contributed by atoms with Gasteiger partial charge >= 0.3 is 0 Å². The molecule has 2 aromatic rings. The Hall–Kier alpha value is -2.86. The molecule has 0 saturated carbocycles. The zero-order valence-corrected chi connectivity index (χ0v) is 16.7. The van der Waals surface area contributed by atoms with Gasteiger partial charge in [0, 0.05) is 38.3 Å². The van der Waals surface area contributed by atoms with Crippen LogP contribution in [0, 0.1) is 22.2 Å². The van der Waals surface area contributed by atoms with Gasteiger partial charge in [0.25, 0.3) is 0 Å². The monoisotopic (exact) mass is 400 g/mol. The normalized spacial score (nSPS) is 26.5. The zero-order valence-electron chi connectivity index (χ0n) is 16.0. The first-order chi connectivity index (χ1) is 13.3. The highest BCUT2D eigenvalue weighted by Gasteiger charge is 2.63. The summed E-state index contributed by atoms with van der Waals surface area (Å²) in [6, 6.07) is 2.08. The molecule has 10 heteroatoms. The molecule has 2 aliphatic rings. The van der Waals surface area contributed by atoms with Crippen LogP contribution in [-0.2, 0) is 11.8 Å². The van der Waals surface area contributed by atoms with Crippen LogP contribution >= 0.6 is 11.6 Å². The van der Waals surface area contributed by atoms with Crippen molar-refractivity contribution in [1.29, 1.82) is 5.26 Å². The first-order valence-electron chi connectivity index (χ1n) is 8.95. The molecule has 0 bridgehead atoms. The standard InChI is InChI=1S/C18H21ClN8O/c1-17-9-26(5-4-20)15(28)18(17,2)11-27(10-17)14-13(19)7-21-16(24-14)23-12-6-22-25(3)8-12/h6-8H,5,9-11H2,1-3H3,(H,21,23,24)/t17-,18-/m1/s1. The van der Waals surface area contributed by atoms with Gasteiger partial charge < -0.3 is 15.1 Å². The van der Waals surface area contributed by atoms with E-state index in [-0.39, 0.29) is 17.9 Å². The molecular weight excluding hydrogens is 380 g/mol. The van der Waals surface area contributed by atoms with Crippen molar-refractivity contribution >= 4 is 35.0 Å². The van der Waals surface area contributed by atoms with E-state index in [2.05, 4.69) is 33.4 Å². The molecule has 0 aromatic carbocycles. The van der Waals surface area contributed by atoms with Crippen molar-refractivity contribution in [3.63, 3.8) is 0 Å². The number of likely N-dealkylation sites (tertiary alicyclic amines) is 1. The Bertz CT molecular complexity index is 984. The lowest BCUT2D eigenvalue weighted by atomic mass is 9.70. The molecule has 1 amide bonds. The quantitative estimate of drug-likeness (QED) is 0.780. The third-order valence-corrected chi connectivity index (χ3v) is 6.19. The number of carbonyl (C=O) groups excluding carboxylic acids is 1. The number of hydrogen-bond acceptors (Lipinski definition) is 7. The van der Waals surface area contributed by atoms with Crippen molar-refractivity contribution in [3.8, 4) is 6.07 Å². The average Bonchev–Trinajstić information content (AvgIpc) is 3.21. The third-order valence-electron chi connectivity index (χ3n) is 5.93. The molecule has 0 radical (unpaired) electrons. The fourth-order valence-corrected chi connectivity index (χ4v) is 4.44. The Morgan fingerprint density at radius 1 is 1.32 bits per heavy atom. The van der Waals surface area contributed by atoms with Gasteiger partial charge in [0.1, 0.15) is 11.6 Å². The van der Waals surface area contributed by atoms with E-state index in [0.717, 1.165) is 5.69 Å². The molecule has 9 nitrogen and oxygen atoms in total. The second-order valence-electron chi connectivity index (χ2n) is 7.96. The first kappa shape index (κ1) is 18.5. The van der Waals surface area contributed by atoms with Crippen LogP contribution in [0.1, 0.15) is 13.8 Å². The second-order valence-corrected chi connectivity index (χ2v) is 8.37. The van der Waals surface area contributed by atoms with Gasteiger partial charge in [0.05, 0.1) is 29.6 Å². The van der Waals surface area contributed by atoms with Gasteiger partial charge in [-0.1, -0.05) is 18.5 Å². The smallest absolute Gasteiger partial charge is 0.231 e. The number of amides is 1. The number of halogens is 1. The number of anilines is 3. The van der Waals surface area contributed by atoms with E-state index in [1.807, 2.05) is 25.1 Å². The minimum Gasteiger partial charge on any atom is -0.353 e. The van der Waals surface area contributed by atoms with E-state index in [0.29, 0.717) is 36.4 Å². The van der Waals surface area contributed by atoms with E-state index >= 15 is 0 Å². The van der Waals surface area contributed by atoms with E-state index in [9.17, 15) is 4.79 Å². The largest absolute Gasteiger partial charge is 0.353 e. The first-order valence-corrected chi connectivity index (χ1v) is 9.33. The highest BCUT2D eigenvalue weighted by atomic mass is 35.5. The predicted molar refractivity (Wildman–Crippen MR) is 104 cm³/mol. The second kappa shape index (κ2) is 6.34. The van der Waals surface area contributed by atoms with Crippen molar-refractivity contribution in [2.75, 3.05) is 36.4 Å². The van der Waals surface area contributed by atoms with Crippen molar-refractivity contribution in [3.05, 3.63) is 23.6 Å². The van der Waals surface area contributed by atoms with Crippen LogP contribution in [0.15, 0.2) is 18.6 Å². The van der Waals surface area contributed by atoms with Crippen LogP contribution in [0.2, 0.25) is 5.02 Å². The SMILES string of the molecule is Cn1cc(Nc2ncc(Cl)c(N3C[C@@]4(C)CN(CC#N)C(=O)[C@@]4(C)C3)n2)cn1. The zero-order chi connectivity index (χ0) is 20.1. The van der Waals surface area contributed by atoms with Crippen molar-refractivity contribution in [2.24, 2.45) is 17.9 Å². The van der Waals surface area contributed by atoms with Crippen molar-refractivity contribution in [1.82, 2.24) is 24.6 Å². The minimum absolute atomic E-state index is 0.0120. The molecule has 28 heavy (non-hydrogen) atoms. The lowest BCUT2D eigenvalue weighted by Crippen LogP contribution is -2.39. The maximum Gasteiger partial charge on any atom is 0.231 e. The highest BCUT2D eigenvalue weighted by molar-refractivity contribution is 6.32. The van der Waals surface area contributed by atoms with Crippen LogP contribution < -0.4 is 10.2 Å². The minimum atomic E-state index is -0.588. The van der Waals surface area contributed by atoms with Gasteiger partial charge in [-0.3, -0.25) is 9.48 Å². The van der Waals surface area contributed by atoms with Gasteiger partial charge in [0.2, 0.25) is 11.9 Å². The van der Waals surface area contributed by atoms with Gasteiger partial charge in [-0.15, -0.1) is 0 Å². The number of fused-ring (bicyclic) bond motifs is 1. The van der Waals surface area contributed by atoms with Crippen LogP contribution in [-0.4, -0.2) is 56.7 Å². The predicted octanol–water partition coefficient (Wildman–Crippen LogP) is 1.81. The molecular formula is C18H21ClN8O. The molecule has 2 aliphatic heterocycles. The number of nitrogens with one attached hydrogen (secondary N) is 1. The molecule has 146 valence electrons. The Kier molecular flexibility index (Phi) is 4.19. The average molecular weight is 401 g/mol. The van der Waals surface area contributed by atoms with E-state index < -0.39 is 5.41 Å². The summed E-state index contributed by atoms with van der Waals surface area (Å²) in [7, 11) is 1.83. The van der Waals surface area contributed by atoms with E-state index in [1.54, 1.807) is 22.0 Å². The summed E-state index contributed by atoms with van der Waals surface area (Å²) < 4.78 is 1.68. The Morgan fingerprint density at radius 2 is 2.11 bits per heavy atom. The van der Waals surface area contributed by atoms with Crippen LogP contribution in [0.3, 0.4) is 0 Å². The molecule has 2 atom stereocenters. The molecule has 4 heterocycles. The van der Waals surface area contributed by atoms with E-state index in [4.69, 9.17) is 16.9 Å². The van der Waals surface area contributed by atoms with Gasteiger partial charge in [0.15, 0.2) is 5.82 Å². The van der Waals surface area contributed by atoms with Crippen molar-refractivity contribution < 1.29 is 4.79 Å². The summed E-state index contributed by atoms with van der Waals surface area (Å²) >= 11 is 6.40. The lowest BCUT2D eigenvalue weighted by Gasteiger charge is -2.28. The maximum atomic E-state index is 12.9.